The molecular weight excluding hydrogens is 336 g/mol. The number of hydrogen-bond acceptors (Lipinski definition) is 5. The molecule has 0 atom stereocenters. The summed E-state index contributed by atoms with van der Waals surface area (Å²) in [6.07, 6.45) is 0.467. The first kappa shape index (κ1) is 17.8. The van der Waals surface area contributed by atoms with Gasteiger partial charge in [-0.3, -0.25) is 0 Å². The number of benzene rings is 2. The third-order valence-corrected chi connectivity index (χ3v) is 6.04. The zero-order valence-electron chi connectivity index (χ0n) is 14.2. The molecule has 0 unspecified atom stereocenters. The highest BCUT2D eigenvalue weighted by molar-refractivity contribution is 7.91. The van der Waals surface area contributed by atoms with Gasteiger partial charge in [0.25, 0.3) is 0 Å². The van der Waals surface area contributed by atoms with Gasteiger partial charge in [0.05, 0.1) is 17.3 Å². The standard InChI is InChI=1S/C19H24N2O3S/c22-25(23,19-8-2-1-3-9-19)15-5-14-24-18-7-4-6-17(16-18)21-12-10-20-11-13-21/h1-4,6-9,16,20H,5,10-15H2. The molecule has 0 bridgehead atoms. The molecule has 2 aromatic rings. The summed E-state index contributed by atoms with van der Waals surface area (Å²) in [5, 5.41) is 3.34. The molecule has 134 valence electrons. The number of anilines is 1. The third-order valence-electron chi connectivity index (χ3n) is 4.23. The Morgan fingerprint density at radius 2 is 1.76 bits per heavy atom. The predicted octanol–water partition coefficient (Wildman–Crippen LogP) is 2.34. The minimum Gasteiger partial charge on any atom is -0.493 e. The number of nitrogens with zero attached hydrogens (tertiary/aromatic N) is 1. The van der Waals surface area contributed by atoms with Gasteiger partial charge in [-0.1, -0.05) is 24.3 Å². The van der Waals surface area contributed by atoms with Gasteiger partial charge in [0.15, 0.2) is 9.84 Å². The Morgan fingerprint density at radius 1 is 1.00 bits per heavy atom. The number of piperazine rings is 1. The number of hydrogen-bond donors (Lipinski definition) is 1. The third kappa shape index (κ3) is 4.96. The summed E-state index contributed by atoms with van der Waals surface area (Å²) in [6, 6.07) is 16.6. The highest BCUT2D eigenvalue weighted by Gasteiger charge is 2.14. The second-order valence-electron chi connectivity index (χ2n) is 6.07. The van der Waals surface area contributed by atoms with Crippen LogP contribution in [0.1, 0.15) is 6.42 Å². The zero-order valence-corrected chi connectivity index (χ0v) is 15.0. The van der Waals surface area contributed by atoms with Crippen molar-refractivity contribution >= 4 is 15.5 Å². The summed E-state index contributed by atoms with van der Waals surface area (Å²) < 4.78 is 30.2. The van der Waals surface area contributed by atoms with Crippen molar-refractivity contribution in [3.8, 4) is 5.75 Å². The van der Waals surface area contributed by atoms with E-state index in [0.29, 0.717) is 17.9 Å². The van der Waals surface area contributed by atoms with E-state index in [2.05, 4.69) is 16.3 Å². The summed E-state index contributed by atoms with van der Waals surface area (Å²) in [6.45, 7) is 4.33. The lowest BCUT2D eigenvalue weighted by atomic mass is 10.2. The summed E-state index contributed by atoms with van der Waals surface area (Å²) in [5.74, 6) is 0.877. The van der Waals surface area contributed by atoms with E-state index in [-0.39, 0.29) is 5.75 Å². The lowest BCUT2D eigenvalue weighted by molar-refractivity contribution is 0.317. The zero-order chi connectivity index (χ0) is 17.5. The smallest absolute Gasteiger partial charge is 0.178 e. The van der Waals surface area contributed by atoms with Crippen molar-refractivity contribution in [1.82, 2.24) is 5.32 Å². The molecule has 3 rings (SSSR count). The number of ether oxygens (including phenoxy) is 1. The molecule has 1 heterocycles. The van der Waals surface area contributed by atoms with E-state index < -0.39 is 9.84 Å². The van der Waals surface area contributed by atoms with Crippen molar-refractivity contribution in [2.45, 2.75) is 11.3 Å². The van der Waals surface area contributed by atoms with Gasteiger partial charge < -0.3 is 15.0 Å². The molecule has 0 amide bonds. The van der Waals surface area contributed by atoms with Gasteiger partial charge in [-0.05, 0) is 30.7 Å². The average Bonchev–Trinajstić information content (AvgIpc) is 2.67. The highest BCUT2D eigenvalue weighted by Crippen LogP contribution is 2.22. The van der Waals surface area contributed by atoms with Crippen molar-refractivity contribution in [3.05, 3.63) is 54.6 Å². The van der Waals surface area contributed by atoms with E-state index in [1.54, 1.807) is 24.3 Å². The maximum atomic E-state index is 12.2. The molecular formula is C19H24N2O3S. The molecule has 1 N–H and O–H groups in total. The highest BCUT2D eigenvalue weighted by atomic mass is 32.2. The summed E-state index contributed by atoms with van der Waals surface area (Å²) in [5.41, 5.74) is 1.15. The van der Waals surface area contributed by atoms with Crippen LogP contribution in [-0.4, -0.2) is 47.0 Å². The van der Waals surface area contributed by atoms with E-state index in [1.165, 1.54) is 0 Å². The maximum absolute atomic E-state index is 12.2. The van der Waals surface area contributed by atoms with Gasteiger partial charge in [0.2, 0.25) is 0 Å². The van der Waals surface area contributed by atoms with Crippen LogP contribution in [-0.2, 0) is 9.84 Å². The van der Waals surface area contributed by atoms with Crippen molar-refractivity contribution in [2.75, 3.05) is 43.4 Å². The Hall–Kier alpha value is -2.05. The lowest BCUT2D eigenvalue weighted by Gasteiger charge is -2.29. The van der Waals surface area contributed by atoms with E-state index >= 15 is 0 Å². The lowest BCUT2D eigenvalue weighted by Crippen LogP contribution is -2.43. The molecule has 25 heavy (non-hydrogen) atoms. The molecule has 5 nitrogen and oxygen atoms in total. The second kappa shape index (κ2) is 8.36. The summed E-state index contributed by atoms with van der Waals surface area (Å²) in [4.78, 5) is 2.69. The predicted molar refractivity (Wildman–Crippen MR) is 100 cm³/mol. The fourth-order valence-electron chi connectivity index (χ4n) is 2.88. The molecule has 0 spiro atoms. The van der Waals surface area contributed by atoms with Crippen LogP contribution in [0.5, 0.6) is 5.75 Å². The first-order chi connectivity index (χ1) is 12.1. The van der Waals surface area contributed by atoms with Crippen LogP contribution in [0.2, 0.25) is 0 Å². The van der Waals surface area contributed by atoms with Gasteiger partial charge in [-0.25, -0.2) is 8.42 Å². The summed E-state index contributed by atoms with van der Waals surface area (Å²) >= 11 is 0. The topological polar surface area (TPSA) is 58.6 Å². The molecule has 1 saturated heterocycles. The van der Waals surface area contributed by atoms with Crippen molar-refractivity contribution < 1.29 is 13.2 Å². The first-order valence-electron chi connectivity index (χ1n) is 8.61. The van der Waals surface area contributed by atoms with Crippen molar-refractivity contribution in [1.29, 1.82) is 0 Å². The maximum Gasteiger partial charge on any atom is 0.178 e. The Kier molecular flexibility index (Phi) is 5.94. The van der Waals surface area contributed by atoms with Crippen LogP contribution in [0, 0.1) is 0 Å². The first-order valence-corrected chi connectivity index (χ1v) is 10.3. The molecule has 1 aliphatic heterocycles. The van der Waals surface area contributed by atoms with Crippen molar-refractivity contribution in [3.63, 3.8) is 0 Å². The molecule has 1 fully saturated rings. The van der Waals surface area contributed by atoms with E-state index in [1.807, 2.05) is 24.3 Å². The monoisotopic (exact) mass is 360 g/mol. The summed E-state index contributed by atoms with van der Waals surface area (Å²) in [7, 11) is -3.24. The fourth-order valence-corrected chi connectivity index (χ4v) is 4.18. The number of sulfone groups is 1. The van der Waals surface area contributed by atoms with Gasteiger partial charge in [-0.2, -0.15) is 0 Å². The fraction of sp³-hybridized carbons (Fsp3) is 0.368. The van der Waals surface area contributed by atoms with Crippen LogP contribution in [0.15, 0.2) is 59.5 Å². The van der Waals surface area contributed by atoms with E-state index in [9.17, 15) is 8.42 Å². The van der Waals surface area contributed by atoms with E-state index in [4.69, 9.17) is 4.74 Å². The normalized spacial score (nSPS) is 15.1. The average molecular weight is 360 g/mol. The van der Waals surface area contributed by atoms with Crippen molar-refractivity contribution in [2.24, 2.45) is 0 Å². The van der Waals surface area contributed by atoms with Crippen LogP contribution >= 0.6 is 0 Å². The van der Waals surface area contributed by atoms with Crippen LogP contribution in [0.25, 0.3) is 0 Å². The molecule has 6 heteroatoms. The number of nitrogens with one attached hydrogen (secondary N) is 1. The quantitative estimate of drug-likeness (QED) is 0.768. The molecule has 0 aliphatic carbocycles. The minimum atomic E-state index is -3.24. The number of rotatable bonds is 7. The molecule has 1 aliphatic rings. The van der Waals surface area contributed by atoms with E-state index in [0.717, 1.165) is 37.6 Å². The Balaban J connectivity index is 1.51. The molecule has 2 aromatic carbocycles. The van der Waals surface area contributed by atoms with Gasteiger partial charge in [0, 0.05) is 37.9 Å². The SMILES string of the molecule is O=S(=O)(CCCOc1cccc(N2CCNCC2)c1)c1ccccc1. The van der Waals surface area contributed by atoms with Crippen LogP contribution in [0.4, 0.5) is 5.69 Å². The van der Waals surface area contributed by atoms with Crippen LogP contribution < -0.4 is 15.0 Å². The minimum absolute atomic E-state index is 0.0918. The molecule has 0 aromatic heterocycles. The molecule has 0 saturated carbocycles. The van der Waals surface area contributed by atoms with Gasteiger partial charge >= 0.3 is 0 Å². The largest absolute Gasteiger partial charge is 0.493 e. The Bertz CT molecular complexity index is 772. The van der Waals surface area contributed by atoms with Crippen LogP contribution in [0.3, 0.4) is 0 Å². The Labute approximate surface area is 149 Å². The second-order valence-corrected chi connectivity index (χ2v) is 8.18. The molecule has 0 radical (unpaired) electrons. The Morgan fingerprint density at radius 3 is 2.52 bits per heavy atom. The van der Waals surface area contributed by atoms with Gasteiger partial charge in [-0.15, -0.1) is 0 Å². The van der Waals surface area contributed by atoms with Gasteiger partial charge in [0.1, 0.15) is 5.75 Å².